The molecule has 2 fully saturated rings. The lowest BCUT2D eigenvalue weighted by Crippen LogP contribution is -2.34. The van der Waals surface area contributed by atoms with E-state index in [0.717, 1.165) is 60.8 Å². The van der Waals surface area contributed by atoms with Gasteiger partial charge in [0.05, 0.1) is 25.9 Å². The number of ether oxygens (including phenoxy) is 12. The molecule has 4 heterocycles. The minimum absolute atomic E-state index is 0.00901. The van der Waals surface area contributed by atoms with Crippen LogP contribution in [-0.2, 0) is 66.9 Å². The Bertz CT molecular complexity index is 2640. The highest BCUT2D eigenvalue weighted by Gasteiger charge is 2.45. The van der Waals surface area contributed by atoms with Gasteiger partial charge in [-0.2, -0.15) is 0 Å². The number of benzene rings is 3. The van der Waals surface area contributed by atoms with E-state index in [1.807, 2.05) is 107 Å². The van der Waals surface area contributed by atoms with Gasteiger partial charge in [0.2, 0.25) is 0 Å². The number of unbranched alkanes of at least 4 members (excludes halogenated alkanes) is 2. The number of aryl methyl sites for hydroxylation is 2. The molecule has 0 radical (unpaired) electrons. The SMILES string of the molecule is CO.COCOc1ccc(CCCCO)c2c1C(=O)O[C@@H](C)[C@H](C)/C=C\C(=O)[C@H]1OC(C)(C)O[C@H]1CC=C2.COCOc1ccc(CCCCOCc2ccc(OC)cc2)c2c1C(=O)O[C@@H](C)[C@H](C)/C=C\C(O)[C@H]1OC(C)(C)O[C@H]1CC=C2. The van der Waals surface area contributed by atoms with Crippen molar-refractivity contribution in [3.05, 3.63) is 124 Å². The van der Waals surface area contributed by atoms with Gasteiger partial charge in [0.15, 0.2) is 30.9 Å². The lowest BCUT2D eigenvalue weighted by atomic mass is 9.94. The van der Waals surface area contributed by atoms with Crippen molar-refractivity contribution in [2.24, 2.45) is 11.8 Å². The molecule has 3 aromatic carbocycles. The molecule has 7 rings (SSSR count). The van der Waals surface area contributed by atoms with Gasteiger partial charge in [-0.3, -0.25) is 4.79 Å². The van der Waals surface area contributed by atoms with Crippen LogP contribution in [0.4, 0.5) is 0 Å². The highest BCUT2D eigenvalue weighted by atomic mass is 16.8. The molecule has 3 aromatic rings. The molecule has 3 N–H and O–H groups in total. The van der Waals surface area contributed by atoms with Crippen LogP contribution in [0.15, 0.2) is 85.0 Å². The molecule has 18 nitrogen and oxygen atoms in total. The third-order valence-electron chi connectivity index (χ3n) is 14.5. The number of esters is 2. The summed E-state index contributed by atoms with van der Waals surface area (Å²) < 4.78 is 69.0. The van der Waals surface area contributed by atoms with Crippen LogP contribution in [-0.4, -0.2) is 143 Å². The van der Waals surface area contributed by atoms with Gasteiger partial charge in [0.25, 0.3) is 0 Å². The summed E-state index contributed by atoms with van der Waals surface area (Å²) in [7, 11) is 5.70. The Kier molecular flexibility index (Phi) is 27.6. The summed E-state index contributed by atoms with van der Waals surface area (Å²) in [6, 6.07) is 15.3. The number of carbonyl (C=O) groups excluding carboxylic acids is 3. The fourth-order valence-electron chi connectivity index (χ4n) is 9.81. The molecule has 0 aliphatic carbocycles. The molecule has 2 saturated heterocycles. The largest absolute Gasteiger partial charge is 0.497 e. The van der Waals surface area contributed by atoms with Crippen LogP contribution in [0, 0.1) is 11.8 Å². The first-order chi connectivity index (χ1) is 39.8. The van der Waals surface area contributed by atoms with E-state index < -0.39 is 60.1 Å². The summed E-state index contributed by atoms with van der Waals surface area (Å²) >= 11 is 0. The Labute approximate surface area is 490 Å². The molecule has 0 aromatic heterocycles. The van der Waals surface area contributed by atoms with Gasteiger partial charge in [-0.1, -0.05) is 80.6 Å². The molecule has 1 unspecified atom stereocenters. The number of rotatable bonds is 18. The zero-order valence-corrected chi connectivity index (χ0v) is 50.6. The standard InChI is InChI=1S/C36H48O9.C28H38O8.CH4O/c1-24-13-19-30(37)34-32(44-36(3,4)45-34)12-9-11-29-27(10-7-8-21-41-22-26-14-17-28(40-6)18-15-26)16-20-31(42-23-39-5)33(29)35(38)43-25(24)2;1-18-12-14-22(30)26-24(35-28(3,4)36-26)11-8-10-21-20(9-6-7-16-29)13-15-23(33-17-32-5)25(21)27(31)34-19(18)2;1-2/h9,11,13-20,24-25,30,32,34,37H,7-8,10,12,21-23H2,1-6H3;8,10,12-15,18-19,24,26,29H,6-7,9,11,16-17H2,1-5H3;2H,1H3/b11-9?,19-13-;10-8?,14-12-;/t24-,25+,30?,32+,34-;18-,19+,24+,26-;/m11./s1. The fourth-order valence-corrected chi connectivity index (χ4v) is 9.81. The molecule has 0 bridgehead atoms. The average Bonchev–Trinajstić information content (AvgIpc) is 3.90. The second-order valence-corrected chi connectivity index (χ2v) is 21.7. The van der Waals surface area contributed by atoms with E-state index >= 15 is 0 Å². The Morgan fingerprint density at radius 3 is 1.66 bits per heavy atom. The summed E-state index contributed by atoms with van der Waals surface area (Å²) in [5.74, 6) is -1.68. The molecule has 4 aliphatic rings. The average molecular weight is 1160 g/mol. The van der Waals surface area contributed by atoms with E-state index in [1.165, 1.54) is 20.3 Å². The van der Waals surface area contributed by atoms with Crippen molar-refractivity contribution in [3.63, 3.8) is 0 Å². The maximum atomic E-state index is 13.8. The number of aliphatic hydroxyl groups is 3. The second-order valence-electron chi connectivity index (χ2n) is 21.7. The molecule has 18 heteroatoms. The number of ketones is 1. The molecule has 458 valence electrons. The van der Waals surface area contributed by atoms with E-state index in [4.69, 9.17) is 61.9 Å². The topological polar surface area (TPSA) is 223 Å². The maximum absolute atomic E-state index is 13.8. The van der Waals surface area contributed by atoms with Crippen LogP contribution in [0.25, 0.3) is 12.2 Å². The summed E-state index contributed by atoms with van der Waals surface area (Å²) in [5.41, 5.74) is 5.10. The van der Waals surface area contributed by atoms with E-state index in [-0.39, 0.29) is 43.9 Å². The van der Waals surface area contributed by atoms with Gasteiger partial charge in [-0.25, -0.2) is 9.59 Å². The van der Waals surface area contributed by atoms with Crippen molar-refractivity contribution in [2.75, 3.05) is 55.2 Å². The molecule has 9 atom stereocenters. The third kappa shape index (κ3) is 20.2. The van der Waals surface area contributed by atoms with Crippen molar-refractivity contribution in [2.45, 2.75) is 168 Å². The first-order valence-corrected chi connectivity index (χ1v) is 28.6. The third-order valence-corrected chi connectivity index (χ3v) is 14.5. The van der Waals surface area contributed by atoms with Crippen LogP contribution in [0.2, 0.25) is 0 Å². The molecule has 0 saturated carbocycles. The lowest BCUT2D eigenvalue weighted by molar-refractivity contribution is -0.152. The summed E-state index contributed by atoms with van der Waals surface area (Å²) in [6.07, 6.45) is 15.9. The number of hydrogen-bond donors (Lipinski definition) is 3. The van der Waals surface area contributed by atoms with Crippen LogP contribution in [0.5, 0.6) is 17.2 Å². The first-order valence-electron chi connectivity index (χ1n) is 28.6. The number of cyclic esters (lactones) is 2. The zero-order chi connectivity index (χ0) is 60.7. The van der Waals surface area contributed by atoms with Gasteiger partial charge in [-0.15, -0.1) is 0 Å². The van der Waals surface area contributed by atoms with Gasteiger partial charge < -0.3 is 72.2 Å². The van der Waals surface area contributed by atoms with Crippen LogP contribution >= 0.6 is 0 Å². The Hall–Kier alpha value is -5.77. The van der Waals surface area contributed by atoms with Gasteiger partial charge in [0, 0.05) is 46.4 Å². The Balaban J connectivity index is 0.000000302. The van der Waals surface area contributed by atoms with Gasteiger partial charge in [0.1, 0.15) is 58.9 Å². The highest BCUT2D eigenvalue weighted by molar-refractivity contribution is 5.98. The Morgan fingerprint density at radius 2 is 1.12 bits per heavy atom. The first kappa shape index (κ1) is 68.0. The number of carbonyl (C=O) groups is 3. The van der Waals surface area contributed by atoms with E-state index in [9.17, 15) is 24.6 Å². The molecule has 83 heavy (non-hydrogen) atoms. The zero-order valence-electron chi connectivity index (χ0n) is 50.6. The predicted molar refractivity (Wildman–Crippen MR) is 314 cm³/mol. The predicted octanol–water partition coefficient (Wildman–Crippen LogP) is 10.1. The van der Waals surface area contributed by atoms with Crippen molar-refractivity contribution in [1.29, 1.82) is 0 Å². The summed E-state index contributed by atoms with van der Waals surface area (Å²) in [4.78, 5) is 40.2. The highest BCUT2D eigenvalue weighted by Crippen LogP contribution is 2.37. The number of methoxy groups -OCH3 is 3. The minimum Gasteiger partial charge on any atom is -0.497 e. The fraction of sp³-hybridized carbons (Fsp3) is 0.554. The Morgan fingerprint density at radius 1 is 0.602 bits per heavy atom. The van der Waals surface area contributed by atoms with E-state index in [0.29, 0.717) is 67.1 Å². The van der Waals surface area contributed by atoms with Crippen LogP contribution in [0.1, 0.15) is 142 Å². The molecule has 4 aliphatic heterocycles. The maximum Gasteiger partial charge on any atom is 0.342 e. The van der Waals surface area contributed by atoms with E-state index in [1.54, 1.807) is 46.1 Å². The molecular formula is C65H90O18. The van der Waals surface area contributed by atoms with Crippen molar-refractivity contribution in [1.82, 2.24) is 0 Å². The van der Waals surface area contributed by atoms with E-state index in [2.05, 4.69) is 0 Å². The van der Waals surface area contributed by atoms with Gasteiger partial charge in [-0.05, 0) is 151 Å². The monoisotopic (exact) mass is 1160 g/mol. The van der Waals surface area contributed by atoms with Crippen molar-refractivity contribution < 1.29 is 86.5 Å². The van der Waals surface area contributed by atoms with Crippen LogP contribution < -0.4 is 14.2 Å². The molecular weight excluding hydrogens is 1070 g/mol. The second kappa shape index (κ2) is 33.6. The van der Waals surface area contributed by atoms with Gasteiger partial charge >= 0.3 is 11.9 Å². The summed E-state index contributed by atoms with van der Waals surface area (Å²) in [5, 5.41) is 27.2. The number of hydrogen-bond acceptors (Lipinski definition) is 18. The number of fused-ring (bicyclic) bond motifs is 4. The normalized spacial score (nSPS) is 25.6. The minimum atomic E-state index is -0.882. The summed E-state index contributed by atoms with van der Waals surface area (Å²) in [6.45, 7) is 16.0. The number of aliphatic hydroxyl groups excluding tert-OH is 3. The van der Waals surface area contributed by atoms with Crippen molar-refractivity contribution in [3.8, 4) is 17.2 Å². The molecule has 0 spiro atoms. The quantitative estimate of drug-likeness (QED) is 0.0466. The molecule has 0 amide bonds. The van der Waals surface area contributed by atoms with Crippen molar-refractivity contribution >= 4 is 29.9 Å². The lowest BCUT2D eigenvalue weighted by Gasteiger charge is -2.23. The van der Waals surface area contributed by atoms with Crippen LogP contribution in [0.3, 0.4) is 0 Å². The smallest absolute Gasteiger partial charge is 0.342 e.